The topological polar surface area (TPSA) is 27.7 Å². The van der Waals surface area contributed by atoms with Gasteiger partial charge in [-0.15, -0.1) is 0 Å². The molecule has 0 radical (unpaired) electrons. The molecule has 4 rings (SSSR count). The number of hydrogen-bond donors (Lipinski definition) is 0. The van der Waals surface area contributed by atoms with Crippen LogP contribution in [0.3, 0.4) is 0 Å². The van der Waals surface area contributed by atoms with Gasteiger partial charge in [0.1, 0.15) is 0 Å². The van der Waals surface area contributed by atoms with Crippen LogP contribution in [0, 0.1) is 23.7 Å². The van der Waals surface area contributed by atoms with Crippen molar-refractivity contribution >= 4 is 8.80 Å². The normalized spacial score (nSPS) is 36.7. The molecule has 4 aliphatic rings. The molecule has 0 aromatic carbocycles. The molecule has 0 amide bonds. The number of rotatable bonds is 7. The lowest BCUT2D eigenvalue weighted by atomic mass is 9.56. The van der Waals surface area contributed by atoms with Crippen LogP contribution in [0.2, 0.25) is 5.54 Å². The fourth-order valence-corrected chi connectivity index (χ4v) is 10.1. The van der Waals surface area contributed by atoms with Gasteiger partial charge in [-0.25, -0.2) is 0 Å². The standard InChI is InChI=1S/C19H36O3Si/c1-12(2)20-23(21-13(3)4,22-14(5)6)19-17-8-15-7-16(10-17)11-18(19)9-15/h12-19H,7-11H2,1-6H3. The van der Waals surface area contributed by atoms with E-state index in [2.05, 4.69) is 41.5 Å². The Labute approximate surface area is 143 Å². The minimum absolute atomic E-state index is 0.163. The Morgan fingerprint density at radius 3 is 1.26 bits per heavy atom. The van der Waals surface area contributed by atoms with E-state index >= 15 is 0 Å². The quantitative estimate of drug-likeness (QED) is 0.609. The molecule has 0 heterocycles. The molecule has 3 nitrogen and oxygen atoms in total. The first-order chi connectivity index (χ1) is 10.8. The monoisotopic (exact) mass is 340 g/mol. The van der Waals surface area contributed by atoms with Crippen LogP contribution in [0.4, 0.5) is 0 Å². The van der Waals surface area contributed by atoms with Crippen molar-refractivity contribution in [3.05, 3.63) is 0 Å². The van der Waals surface area contributed by atoms with Crippen molar-refractivity contribution in [2.45, 2.75) is 97.5 Å². The first-order valence-corrected chi connectivity index (χ1v) is 11.6. The summed E-state index contributed by atoms with van der Waals surface area (Å²) in [5.74, 6) is 3.48. The summed E-state index contributed by atoms with van der Waals surface area (Å²) in [5.41, 5.74) is 0.530. The summed E-state index contributed by atoms with van der Waals surface area (Å²) in [6, 6.07) is 0. The van der Waals surface area contributed by atoms with Crippen LogP contribution >= 0.6 is 0 Å². The van der Waals surface area contributed by atoms with Crippen molar-refractivity contribution in [2.24, 2.45) is 23.7 Å². The number of hydrogen-bond acceptors (Lipinski definition) is 3. The zero-order valence-electron chi connectivity index (χ0n) is 15.9. The van der Waals surface area contributed by atoms with Crippen molar-refractivity contribution in [1.82, 2.24) is 0 Å². The molecule has 4 bridgehead atoms. The molecule has 0 aliphatic heterocycles. The summed E-state index contributed by atoms with van der Waals surface area (Å²) in [6.07, 6.45) is 7.51. The Hall–Kier alpha value is 0.0969. The maximum absolute atomic E-state index is 6.58. The fraction of sp³-hybridized carbons (Fsp3) is 1.00. The minimum atomic E-state index is -2.69. The lowest BCUT2D eigenvalue weighted by Crippen LogP contribution is -2.61. The average molecular weight is 341 g/mol. The maximum Gasteiger partial charge on any atom is 0.505 e. The van der Waals surface area contributed by atoms with E-state index < -0.39 is 8.80 Å². The molecule has 0 N–H and O–H groups in total. The Morgan fingerprint density at radius 1 is 0.609 bits per heavy atom. The molecule has 23 heavy (non-hydrogen) atoms. The Balaban J connectivity index is 1.92. The molecule has 0 saturated heterocycles. The lowest BCUT2D eigenvalue weighted by molar-refractivity contribution is -0.0565. The highest BCUT2D eigenvalue weighted by molar-refractivity contribution is 6.62. The zero-order valence-corrected chi connectivity index (χ0v) is 16.9. The molecule has 0 spiro atoms. The highest BCUT2D eigenvalue weighted by Crippen LogP contribution is 2.62. The van der Waals surface area contributed by atoms with Gasteiger partial charge in [-0.2, -0.15) is 0 Å². The first-order valence-electron chi connectivity index (χ1n) is 9.82. The molecule has 0 atom stereocenters. The predicted molar refractivity (Wildman–Crippen MR) is 95.2 cm³/mol. The van der Waals surface area contributed by atoms with Gasteiger partial charge < -0.3 is 13.3 Å². The van der Waals surface area contributed by atoms with Gasteiger partial charge in [0, 0.05) is 23.9 Å². The lowest BCUT2D eigenvalue weighted by Gasteiger charge is -2.57. The van der Waals surface area contributed by atoms with E-state index in [1.165, 1.54) is 32.1 Å². The summed E-state index contributed by atoms with van der Waals surface area (Å²) in [6.45, 7) is 12.8. The van der Waals surface area contributed by atoms with Gasteiger partial charge >= 0.3 is 8.80 Å². The van der Waals surface area contributed by atoms with Crippen LogP contribution in [0.25, 0.3) is 0 Å². The maximum atomic E-state index is 6.58. The molecular formula is C19H36O3Si. The van der Waals surface area contributed by atoms with Crippen LogP contribution in [0.15, 0.2) is 0 Å². The van der Waals surface area contributed by atoms with Crippen molar-refractivity contribution in [3.63, 3.8) is 0 Å². The van der Waals surface area contributed by atoms with E-state index in [-0.39, 0.29) is 18.3 Å². The summed E-state index contributed by atoms with van der Waals surface area (Å²) in [5, 5.41) is 0. The molecule has 0 aromatic heterocycles. The fourth-order valence-electron chi connectivity index (χ4n) is 5.81. The van der Waals surface area contributed by atoms with Gasteiger partial charge in [-0.3, -0.25) is 0 Å². The second-order valence-corrected chi connectivity index (χ2v) is 11.6. The van der Waals surface area contributed by atoms with Gasteiger partial charge in [0.25, 0.3) is 0 Å². The van der Waals surface area contributed by atoms with E-state index in [4.69, 9.17) is 13.3 Å². The zero-order chi connectivity index (χ0) is 16.8. The Bertz CT molecular complexity index is 353. The van der Waals surface area contributed by atoms with Crippen LogP contribution < -0.4 is 0 Å². The average Bonchev–Trinajstić information content (AvgIpc) is 2.33. The van der Waals surface area contributed by atoms with Crippen molar-refractivity contribution in [1.29, 1.82) is 0 Å². The minimum Gasteiger partial charge on any atom is -0.371 e. The van der Waals surface area contributed by atoms with E-state index in [0.717, 1.165) is 23.7 Å². The van der Waals surface area contributed by atoms with Gasteiger partial charge in [0.05, 0.1) is 0 Å². The second-order valence-electron chi connectivity index (χ2n) is 9.06. The highest BCUT2D eigenvalue weighted by atomic mass is 28.4. The third-order valence-corrected chi connectivity index (χ3v) is 9.99. The van der Waals surface area contributed by atoms with E-state index in [1.807, 2.05) is 0 Å². The molecular weight excluding hydrogens is 304 g/mol. The first kappa shape index (κ1) is 17.9. The van der Waals surface area contributed by atoms with Crippen molar-refractivity contribution < 1.29 is 13.3 Å². The van der Waals surface area contributed by atoms with Crippen LogP contribution in [-0.2, 0) is 13.3 Å². The van der Waals surface area contributed by atoms with Gasteiger partial charge in [-0.1, -0.05) is 0 Å². The molecule has 0 unspecified atom stereocenters. The molecule has 4 aliphatic carbocycles. The smallest absolute Gasteiger partial charge is 0.371 e. The highest BCUT2D eigenvalue weighted by Gasteiger charge is 2.62. The van der Waals surface area contributed by atoms with Crippen LogP contribution in [0.5, 0.6) is 0 Å². The summed E-state index contributed by atoms with van der Waals surface area (Å²) in [7, 11) is -2.69. The summed E-state index contributed by atoms with van der Waals surface area (Å²) in [4.78, 5) is 0. The summed E-state index contributed by atoms with van der Waals surface area (Å²) >= 11 is 0. The third kappa shape index (κ3) is 3.70. The molecule has 4 saturated carbocycles. The molecule has 0 aromatic rings. The third-order valence-electron chi connectivity index (χ3n) is 5.83. The second kappa shape index (κ2) is 6.78. The largest absolute Gasteiger partial charge is 0.505 e. The van der Waals surface area contributed by atoms with Gasteiger partial charge in [0.2, 0.25) is 0 Å². The van der Waals surface area contributed by atoms with Gasteiger partial charge in [-0.05, 0) is 97.3 Å². The predicted octanol–water partition coefficient (Wildman–Crippen LogP) is 5.03. The van der Waals surface area contributed by atoms with Crippen molar-refractivity contribution in [3.8, 4) is 0 Å². The van der Waals surface area contributed by atoms with E-state index in [0.29, 0.717) is 5.54 Å². The van der Waals surface area contributed by atoms with Crippen LogP contribution in [-0.4, -0.2) is 27.1 Å². The van der Waals surface area contributed by atoms with Gasteiger partial charge in [0.15, 0.2) is 0 Å². The Morgan fingerprint density at radius 2 is 0.957 bits per heavy atom. The summed E-state index contributed by atoms with van der Waals surface area (Å²) < 4.78 is 19.7. The Kier molecular flexibility index (Phi) is 5.28. The molecule has 4 heteroatoms. The van der Waals surface area contributed by atoms with Crippen molar-refractivity contribution in [2.75, 3.05) is 0 Å². The van der Waals surface area contributed by atoms with E-state index in [1.54, 1.807) is 0 Å². The van der Waals surface area contributed by atoms with E-state index in [9.17, 15) is 0 Å². The van der Waals surface area contributed by atoms with Crippen LogP contribution in [0.1, 0.15) is 73.6 Å². The SMILES string of the molecule is CC(C)O[Si](OC(C)C)(OC(C)C)C1C2CC3CC(C2)CC1C3. The molecule has 4 fully saturated rings. The molecule has 134 valence electrons.